The predicted octanol–water partition coefficient (Wildman–Crippen LogP) is 5.48. The lowest BCUT2D eigenvalue weighted by atomic mass is 9.99. The molecule has 1 aromatic carbocycles. The maximum Gasteiger partial charge on any atom is 0.351 e. The molecule has 3 aromatic heterocycles. The van der Waals surface area contributed by atoms with Crippen LogP contribution in [0.15, 0.2) is 52.8 Å². The minimum Gasteiger partial charge on any atom is -0.350 e. The van der Waals surface area contributed by atoms with Crippen molar-refractivity contribution in [2.45, 2.75) is 57.5 Å². The fraction of sp³-hybridized carbons (Fsp3) is 0.364. The fourth-order valence-electron chi connectivity index (χ4n) is 6.21. The molecular weight excluding hydrogens is 582 g/mol. The Bertz CT molecular complexity index is 1870. The molecule has 44 heavy (non-hydrogen) atoms. The van der Waals surface area contributed by atoms with Gasteiger partial charge >= 0.3 is 5.69 Å². The number of anilines is 1. The van der Waals surface area contributed by atoms with Gasteiger partial charge in [0.25, 0.3) is 0 Å². The van der Waals surface area contributed by atoms with E-state index in [4.69, 9.17) is 4.98 Å². The molecule has 1 fully saturated rings. The third kappa shape index (κ3) is 5.16. The van der Waals surface area contributed by atoms with Crippen molar-refractivity contribution in [3.8, 4) is 11.3 Å². The van der Waals surface area contributed by atoms with Gasteiger partial charge in [-0.25, -0.2) is 18.6 Å². The van der Waals surface area contributed by atoms with E-state index in [9.17, 15) is 9.59 Å². The second-order valence-electron chi connectivity index (χ2n) is 11.7. The van der Waals surface area contributed by atoms with Crippen LogP contribution in [0.4, 0.5) is 14.6 Å². The summed E-state index contributed by atoms with van der Waals surface area (Å²) in [5.41, 5.74) is 3.26. The number of thioether (sulfide) groups is 1. The maximum atomic E-state index is 16.2. The average molecular weight is 617 g/mol. The summed E-state index contributed by atoms with van der Waals surface area (Å²) in [6.07, 6.45) is 3.79. The van der Waals surface area contributed by atoms with Crippen molar-refractivity contribution in [3.05, 3.63) is 87.6 Å². The number of rotatable bonds is 6. The van der Waals surface area contributed by atoms with E-state index in [1.807, 2.05) is 38.7 Å². The topological polar surface area (TPSA) is 84.2 Å². The van der Waals surface area contributed by atoms with Crippen LogP contribution < -0.4 is 10.6 Å². The summed E-state index contributed by atoms with van der Waals surface area (Å²) >= 11 is 1.48. The van der Waals surface area contributed by atoms with Crippen LogP contribution in [0.5, 0.6) is 0 Å². The number of carbonyl (C=O) groups excluding carboxylic acids is 1. The van der Waals surface area contributed by atoms with E-state index >= 15 is 8.78 Å². The Hall–Kier alpha value is -4.12. The van der Waals surface area contributed by atoms with Gasteiger partial charge in [0.1, 0.15) is 23.0 Å². The van der Waals surface area contributed by atoms with Gasteiger partial charge < -0.3 is 9.80 Å². The zero-order valence-corrected chi connectivity index (χ0v) is 26.0. The summed E-state index contributed by atoms with van der Waals surface area (Å²) in [4.78, 5) is 44.3. The van der Waals surface area contributed by atoms with Crippen LogP contribution in [0.1, 0.15) is 49.1 Å². The van der Waals surface area contributed by atoms with Crippen molar-refractivity contribution in [2.75, 3.05) is 30.3 Å². The molecule has 0 unspecified atom stereocenters. The number of nitrogens with zero attached hydrogens (tertiary/aromatic N) is 6. The van der Waals surface area contributed by atoms with Crippen LogP contribution in [-0.2, 0) is 17.8 Å². The number of aromatic nitrogens is 4. The van der Waals surface area contributed by atoms with Crippen molar-refractivity contribution < 1.29 is 13.6 Å². The summed E-state index contributed by atoms with van der Waals surface area (Å²) in [7, 11) is 0. The van der Waals surface area contributed by atoms with Crippen LogP contribution in [0.25, 0.3) is 22.3 Å². The van der Waals surface area contributed by atoms with Crippen molar-refractivity contribution in [2.24, 2.45) is 0 Å². The molecule has 0 spiro atoms. The number of aryl methyl sites for hydroxylation is 2. The van der Waals surface area contributed by atoms with E-state index in [1.165, 1.54) is 34.5 Å². The molecule has 4 aromatic rings. The maximum absolute atomic E-state index is 16.2. The lowest BCUT2D eigenvalue weighted by Gasteiger charge is -2.40. The average Bonchev–Trinajstić information content (AvgIpc) is 3.47. The first-order valence-corrected chi connectivity index (χ1v) is 15.8. The van der Waals surface area contributed by atoms with E-state index in [2.05, 4.69) is 16.5 Å². The second-order valence-corrected chi connectivity index (χ2v) is 12.8. The molecule has 1 saturated heterocycles. The number of piperazine rings is 1. The van der Waals surface area contributed by atoms with Crippen molar-refractivity contribution in [1.29, 1.82) is 0 Å². The number of amides is 1. The highest BCUT2D eigenvalue weighted by molar-refractivity contribution is 7.99. The van der Waals surface area contributed by atoms with E-state index < -0.39 is 17.3 Å². The number of hydrogen-bond donors (Lipinski definition) is 0. The summed E-state index contributed by atoms with van der Waals surface area (Å²) in [5.74, 6) is -0.278. The van der Waals surface area contributed by atoms with Crippen LogP contribution in [0.3, 0.4) is 0 Å². The fourth-order valence-corrected chi connectivity index (χ4v) is 7.43. The molecule has 228 valence electrons. The quantitative estimate of drug-likeness (QED) is 0.265. The molecule has 1 amide bonds. The number of pyridine rings is 2. The molecule has 2 aliphatic heterocycles. The summed E-state index contributed by atoms with van der Waals surface area (Å²) < 4.78 is 33.0. The van der Waals surface area contributed by atoms with Gasteiger partial charge in [-0.1, -0.05) is 26.5 Å². The monoisotopic (exact) mass is 616 g/mol. The molecular formula is C33H34F2N6O2S. The molecule has 1 atom stereocenters. The standard InChI is InChI=1S/C33H34F2N6O2S/c1-6-26(42)39-12-13-40(20(5)16-39)32-22-15-25(35)29(27-24(34)8-7-21-10-14-44-30(21)27)37-31(22)41(33(43)38-32)17-23-19(4)9-11-36-28(23)18(2)3/h6-9,11,15,18,20H,1,10,12-14,16-17H2,2-5H3/t20-/m0/s1. The largest absolute Gasteiger partial charge is 0.351 e. The van der Waals surface area contributed by atoms with Gasteiger partial charge in [-0.3, -0.25) is 14.3 Å². The SMILES string of the molecule is C=CC(=O)N1CCN(c2nc(=O)n(Cc3c(C)ccnc3C(C)C)c3nc(-c4c(F)ccc5c4SCC5)c(F)cc23)[C@@H](C)C1. The third-order valence-electron chi connectivity index (χ3n) is 8.50. The van der Waals surface area contributed by atoms with Gasteiger partial charge in [0, 0.05) is 48.2 Å². The van der Waals surface area contributed by atoms with Crippen molar-refractivity contribution in [3.63, 3.8) is 0 Å². The van der Waals surface area contributed by atoms with Gasteiger partial charge in [0.05, 0.1) is 17.5 Å². The van der Waals surface area contributed by atoms with Gasteiger partial charge in [0.2, 0.25) is 5.91 Å². The van der Waals surface area contributed by atoms with Crippen molar-refractivity contribution in [1.82, 2.24) is 24.4 Å². The van der Waals surface area contributed by atoms with Crippen LogP contribution >= 0.6 is 11.8 Å². The highest BCUT2D eigenvalue weighted by Gasteiger charge is 2.31. The Morgan fingerprint density at radius 1 is 1.18 bits per heavy atom. The number of benzene rings is 1. The highest BCUT2D eigenvalue weighted by Crippen LogP contribution is 2.42. The first kappa shape index (κ1) is 29.9. The number of carbonyl (C=O) groups is 1. The molecule has 11 heteroatoms. The van der Waals surface area contributed by atoms with E-state index in [1.54, 1.807) is 17.2 Å². The minimum atomic E-state index is -0.695. The Morgan fingerprint density at radius 2 is 1.98 bits per heavy atom. The summed E-state index contributed by atoms with van der Waals surface area (Å²) in [6.45, 7) is 12.8. The molecule has 0 N–H and O–H groups in total. The predicted molar refractivity (Wildman–Crippen MR) is 169 cm³/mol. The van der Waals surface area contributed by atoms with E-state index in [-0.39, 0.29) is 47.1 Å². The van der Waals surface area contributed by atoms with Crippen molar-refractivity contribution >= 4 is 34.5 Å². The van der Waals surface area contributed by atoms with Crippen LogP contribution in [-0.4, -0.2) is 61.8 Å². The normalized spacial score (nSPS) is 16.6. The Morgan fingerprint density at radius 3 is 2.70 bits per heavy atom. The summed E-state index contributed by atoms with van der Waals surface area (Å²) in [5, 5.41) is 0.342. The van der Waals surface area contributed by atoms with Gasteiger partial charge in [-0.05, 0) is 67.2 Å². The lowest BCUT2D eigenvalue weighted by molar-refractivity contribution is -0.126. The third-order valence-corrected chi connectivity index (χ3v) is 9.66. The lowest BCUT2D eigenvalue weighted by Crippen LogP contribution is -2.54. The molecule has 0 saturated carbocycles. The van der Waals surface area contributed by atoms with Gasteiger partial charge in [0.15, 0.2) is 5.82 Å². The molecule has 5 heterocycles. The number of hydrogen-bond acceptors (Lipinski definition) is 7. The first-order valence-electron chi connectivity index (χ1n) is 14.8. The number of halogens is 2. The van der Waals surface area contributed by atoms with Gasteiger partial charge in [-0.15, -0.1) is 11.8 Å². The Labute approximate surface area is 258 Å². The minimum absolute atomic E-state index is 0.0912. The first-order chi connectivity index (χ1) is 21.1. The zero-order chi connectivity index (χ0) is 31.3. The van der Waals surface area contributed by atoms with Crippen LogP contribution in [0.2, 0.25) is 0 Å². The van der Waals surface area contributed by atoms with Crippen LogP contribution in [0, 0.1) is 18.6 Å². The van der Waals surface area contributed by atoms with Gasteiger partial charge in [-0.2, -0.15) is 4.98 Å². The zero-order valence-electron chi connectivity index (χ0n) is 25.2. The summed E-state index contributed by atoms with van der Waals surface area (Å²) in [6, 6.07) is 6.08. The number of fused-ring (bicyclic) bond motifs is 2. The molecule has 0 radical (unpaired) electrons. The molecule has 0 aliphatic carbocycles. The smallest absolute Gasteiger partial charge is 0.350 e. The highest BCUT2D eigenvalue weighted by atomic mass is 32.2. The Kier molecular flexibility index (Phi) is 8.00. The molecule has 0 bridgehead atoms. The molecule has 8 nitrogen and oxygen atoms in total. The van der Waals surface area contributed by atoms with E-state index in [0.29, 0.717) is 29.9 Å². The second kappa shape index (κ2) is 11.8. The molecule has 2 aliphatic rings. The molecule has 6 rings (SSSR count). The Balaban J connectivity index is 1.58. The van der Waals surface area contributed by atoms with E-state index in [0.717, 1.165) is 34.6 Å².